The molecule has 2 aromatic carbocycles. The second-order valence-electron chi connectivity index (χ2n) is 9.28. The molecule has 3 aromatic rings. The Balaban J connectivity index is 1.69. The normalized spacial score (nSPS) is 16.7. The molecule has 6 nitrogen and oxygen atoms in total. The number of aliphatic hydroxyl groups is 1. The molecule has 1 unspecified atom stereocenters. The molecule has 1 aromatic heterocycles. The number of thiophene rings is 1. The number of alkyl halides is 3. The molecule has 216 valence electrons. The molecule has 10 heteroatoms. The fraction of sp³-hybridized carbons (Fsp3) is 0.182. The minimum Gasteiger partial charge on any atom is -0.465 e. The van der Waals surface area contributed by atoms with Crippen LogP contribution in [-0.4, -0.2) is 31.0 Å². The van der Waals surface area contributed by atoms with Crippen LogP contribution in [0.3, 0.4) is 0 Å². The van der Waals surface area contributed by atoms with Crippen LogP contribution in [0.25, 0.3) is 18.2 Å². The molecule has 0 spiro atoms. The first-order chi connectivity index (χ1) is 20.7. The van der Waals surface area contributed by atoms with Crippen LogP contribution >= 0.6 is 11.3 Å². The molecular weight excluding hydrogens is 573 g/mol. The number of hydrogen-bond donors (Lipinski definition) is 1. The summed E-state index contributed by atoms with van der Waals surface area (Å²) in [6.07, 6.45) is 1.39. The number of nitrogens with zero attached hydrogens (tertiary/aromatic N) is 4. The first-order valence-corrected chi connectivity index (χ1v) is 14.0. The zero-order chi connectivity index (χ0) is 31.0. The van der Waals surface area contributed by atoms with Crippen molar-refractivity contribution in [3.05, 3.63) is 116 Å². The van der Waals surface area contributed by atoms with E-state index in [0.29, 0.717) is 11.4 Å². The summed E-state index contributed by atoms with van der Waals surface area (Å²) in [5, 5.41) is 37.9. The average molecular weight is 599 g/mol. The first-order valence-electron chi connectivity index (χ1n) is 13.1. The second kappa shape index (κ2) is 13.3. The fourth-order valence-corrected chi connectivity index (χ4v) is 5.53. The molecule has 0 fully saturated rings. The SMILES string of the molecule is CCN(CCO)c1ccc(/C=C/c2ccc(/C=C/C3=C(C#N)C(=C(C#N)C#N)OC3(c3ccccc3)C(F)(F)F)s2)cc1. The molecule has 1 aliphatic heterocycles. The van der Waals surface area contributed by atoms with E-state index in [2.05, 4.69) is 4.90 Å². The number of benzene rings is 2. The average Bonchev–Trinajstić information content (AvgIpc) is 3.61. The van der Waals surface area contributed by atoms with Crippen molar-refractivity contribution in [2.45, 2.75) is 18.7 Å². The fourth-order valence-electron chi connectivity index (χ4n) is 4.71. The standard InChI is InChI=1S/C33H25F3N4O2S/c1-2-40(18-19-41)26-11-8-23(9-12-26)10-13-27-14-15-28(43-27)16-17-30-29(22-39)31(24(20-37)21-38)42-32(30,33(34,35)36)25-6-4-3-5-7-25/h3-17,41H,2,18-19H2,1H3/b13-10+,17-16+. The topological polar surface area (TPSA) is 104 Å². The smallest absolute Gasteiger partial charge is 0.437 e. The molecular formula is C33H25F3N4O2S. The summed E-state index contributed by atoms with van der Waals surface area (Å²) in [5.41, 5.74) is -3.21. The molecule has 1 N–H and O–H groups in total. The largest absolute Gasteiger partial charge is 0.465 e. The van der Waals surface area contributed by atoms with Crippen LogP contribution in [-0.2, 0) is 10.3 Å². The maximum atomic E-state index is 14.9. The van der Waals surface area contributed by atoms with Gasteiger partial charge in [-0.25, -0.2) is 0 Å². The molecule has 2 heterocycles. The van der Waals surface area contributed by atoms with Gasteiger partial charge < -0.3 is 14.7 Å². The molecule has 0 bridgehead atoms. The Morgan fingerprint density at radius 1 is 0.930 bits per heavy atom. The molecule has 0 amide bonds. The van der Waals surface area contributed by atoms with Crippen LogP contribution in [0.2, 0.25) is 0 Å². The third-order valence-electron chi connectivity index (χ3n) is 6.78. The predicted molar refractivity (Wildman–Crippen MR) is 160 cm³/mol. The number of halogens is 3. The lowest BCUT2D eigenvalue weighted by Crippen LogP contribution is -2.43. The van der Waals surface area contributed by atoms with Crippen molar-refractivity contribution in [1.82, 2.24) is 0 Å². The minimum atomic E-state index is -5.04. The maximum Gasteiger partial charge on any atom is 0.437 e. The molecule has 1 aliphatic rings. The zero-order valence-corrected chi connectivity index (χ0v) is 23.8. The van der Waals surface area contributed by atoms with Crippen molar-refractivity contribution in [2.75, 3.05) is 24.6 Å². The molecule has 4 rings (SSSR count). The van der Waals surface area contributed by atoms with Crippen molar-refractivity contribution < 1.29 is 23.0 Å². The van der Waals surface area contributed by atoms with Crippen molar-refractivity contribution in [2.24, 2.45) is 0 Å². The number of hydrogen-bond acceptors (Lipinski definition) is 7. The van der Waals surface area contributed by atoms with Gasteiger partial charge in [-0.2, -0.15) is 29.0 Å². The number of rotatable bonds is 9. The van der Waals surface area contributed by atoms with E-state index in [1.807, 2.05) is 49.4 Å². The number of aliphatic hydroxyl groups excluding tert-OH is 1. The van der Waals surface area contributed by atoms with Gasteiger partial charge in [0.05, 0.1) is 6.61 Å². The molecule has 0 aliphatic carbocycles. The summed E-state index contributed by atoms with van der Waals surface area (Å²) < 4.78 is 50.2. The van der Waals surface area contributed by atoms with Crippen molar-refractivity contribution in [3.63, 3.8) is 0 Å². The monoisotopic (exact) mass is 598 g/mol. The number of nitriles is 3. The summed E-state index contributed by atoms with van der Waals surface area (Å²) in [7, 11) is 0. The number of ether oxygens (including phenoxy) is 1. The summed E-state index contributed by atoms with van der Waals surface area (Å²) in [6, 6.07) is 23.1. The highest BCUT2D eigenvalue weighted by molar-refractivity contribution is 7.13. The Morgan fingerprint density at radius 2 is 1.56 bits per heavy atom. The van der Waals surface area contributed by atoms with E-state index in [1.165, 1.54) is 59.9 Å². The Morgan fingerprint density at radius 3 is 2.09 bits per heavy atom. The first kappa shape index (κ1) is 30.9. The third-order valence-corrected chi connectivity index (χ3v) is 7.80. The quantitative estimate of drug-likeness (QED) is 0.258. The zero-order valence-electron chi connectivity index (χ0n) is 23.0. The molecule has 43 heavy (non-hydrogen) atoms. The maximum absolute atomic E-state index is 14.9. The van der Waals surface area contributed by atoms with E-state index >= 15 is 0 Å². The van der Waals surface area contributed by atoms with E-state index in [1.54, 1.807) is 18.2 Å². The van der Waals surface area contributed by atoms with E-state index in [-0.39, 0.29) is 12.2 Å². The van der Waals surface area contributed by atoms with E-state index in [4.69, 9.17) is 4.74 Å². The van der Waals surface area contributed by atoms with Gasteiger partial charge in [-0.3, -0.25) is 0 Å². The highest BCUT2D eigenvalue weighted by Gasteiger charge is 2.65. The lowest BCUT2D eigenvalue weighted by Gasteiger charge is -2.33. The lowest BCUT2D eigenvalue weighted by atomic mass is 9.84. The Kier molecular flexibility index (Phi) is 9.52. The summed E-state index contributed by atoms with van der Waals surface area (Å²) >= 11 is 1.33. The van der Waals surface area contributed by atoms with Crippen LogP contribution in [0.15, 0.2) is 95.3 Å². The van der Waals surface area contributed by atoms with Crippen molar-refractivity contribution in [3.8, 4) is 18.2 Å². The van der Waals surface area contributed by atoms with Gasteiger partial charge >= 0.3 is 6.18 Å². The lowest BCUT2D eigenvalue weighted by molar-refractivity contribution is -0.249. The molecule has 0 saturated carbocycles. The van der Waals surface area contributed by atoms with E-state index in [9.17, 15) is 34.1 Å². The number of likely N-dealkylation sites (N-methyl/N-ethyl adjacent to an activating group) is 1. The second-order valence-corrected chi connectivity index (χ2v) is 10.4. The van der Waals surface area contributed by atoms with E-state index < -0.39 is 34.3 Å². The molecule has 0 radical (unpaired) electrons. The van der Waals surface area contributed by atoms with Crippen LogP contribution in [0, 0.1) is 34.0 Å². The highest BCUT2D eigenvalue weighted by Crippen LogP contribution is 2.56. The molecule has 0 saturated heterocycles. The van der Waals surface area contributed by atoms with Gasteiger partial charge in [-0.05, 0) is 48.9 Å². The summed E-state index contributed by atoms with van der Waals surface area (Å²) in [4.78, 5) is 3.52. The van der Waals surface area contributed by atoms with Gasteiger partial charge in [0.25, 0.3) is 5.60 Å². The minimum absolute atomic E-state index is 0.0644. The van der Waals surface area contributed by atoms with Gasteiger partial charge in [0, 0.05) is 39.7 Å². The Labute approximate surface area is 251 Å². The van der Waals surface area contributed by atoms with Crippen LogP contribution in [0.1, 0.15) is 27.8 Å². The van der Waals surface area contributed by atoms with Gasteiger partial charge in [0.15, 0.2) is 11.3 Å². The van der Waals surface area contributed by atoms with Crippen molar-refractivity contribution in [1.29, 1.82) is 15.8 Å². The molecule has 1 atom stereocenters. The van der Waals surface area contributed by atoms with Crippen LogP contribution < -0.4 is 4.90 Å². The Bertz CT molecular complexity index is 1700. The van der Waals surface area contributed by atoms with Gasteiger partial charge in [-0.15, -0.1) is 11.3 Å². The van der Waals surface area contributed by atoms with Crippen molar-refractivity contribution >= 4 is 35.3 Å². The number of allylic oxidation sites excluding steroid dienone is 2. The van der Waals surface area contributed by atoms with E-state index in [0.717, 1.165) is 22.7 Å². The summed E-state index contributed by atoms with van der Waals surface area (Å²) in [6.45, 7) is 3.39. The summed E-state index contributed by atoms with van der Waals surface area (Å²) in [5.74, 6) is -0.701. The van der Waals surface area contributed by atoms with Gasteiger partial charge in [0.2, 0.25) is 0 Å². The predicted octanol–water partition coefficient (Wildman–Crippen LogP) is 7.36. The Hall–Kier alpha value is -5.08. The van der Waals surface area contributed by atoms with Crippen LogP contribution in [0.4, 0.5) is 18.9 Å². The van der Waals surface area contributed by atoms with Gasteiger partial charge in [0.1, 0.15) is 23.8 Å². The van der Waals surface area contributed by atoms with Crippen LogP contribution in [0.5, 0.6) is 0 Å². The number of anilines is 1. The van der Waals surface area contributed by atoms with Gasteiger partial charge in [-0.1, -0.05) is 54.6 Å². The highest BCUT2D eigenvalue weighted by atomic mass is 32.1. The third kappa shape index (κ3) is 6.24.